The highest BCUT2D eigenvalue weighted by Crippen LogP contribution is 2.34. The molecule has 1 heterocycles. The highest BCUT2D eigenvalue weighted by molar-refractivity contribution is 6.36. The average molecular weight is 355 g/mol. The van der Waals surface area contributed by atoms with E-state index in [0.717, 1.165) is 25.7 Å². The second-order valence-electron chi connectivity index (χ2n) is 6.37. The lowest BCUT2D eigenvalue weighted by Crippen LogP contribution is -2.47. The number of amides is 3. The number of benzene rings is 1. The number of rotatable bonds is 2. The summed E-state index contributed by atoms with van der Waals surface area (Å²) >= 11 is 12.3. The van der Waals surface area contributed by atoms with E-state index in [1.165, 1.54) is 11.3 Å². The van der Waals surface area contributed by atoms with Crippen LogP contribution in [0.2, 0.25) is 10.0 Å². The van der Waals surface area contributed by atoms with Crippen molar-refractivity contribution >= 4 is 35.1 Å². The Balaban J connectivity index is 1.83. The molecular weight excluding hydrogens is 335 g/mol. The van der Waals surface area contributed by atoms with Gasteiger partial charge in [-0.1, -0.05) is 61.4 Å². The molecule has 1 saturated carbocycles. The number of hydrogen-bond donors (Lipinski definition) is 1. The van der Waals surface area contributed by atoms with Crippen LogP contribution in [0.1, 0.15) is 50.5 Å². The van der Waals surface area contributed by atoms with E-state index in [1.807, 2.05) is 0 Å². The molecule has 1 saturated heterocycles. The van der Waals surface area contributed by atoms with Crippen molar-refractivity contribution in [1.82, 2.24) is 10.2 Å². The van der Waals surface area contributed by atoms with Crippen LogP contribution in [-0.2, 0) is 11.3 Å². The summed E-state index contributed by atoms with van der Waals surface area (Å²) in [6.07, 6.45) is 6.79. The zero-order valence-electron chi connectivity index (χ0n) is 12.9. The molecule has 4 nitrogen and oxygen atoms in total. The molecule has 0 radical (unpaired) electrons. The first-order valence-electron chi connectivity index (χ1n) is 8.10. The number of halogens is 2. The van der Waals surface area contributed by atoms with Crippen LogP contribution in [0.25, 0.3) is 0 Å². The molecule has 0 bridgehead atoms. The summed E-state index contributed by atoms with van der Waals surface area (Å²) in [5, 5.41) is 3.89. The molecule has 0 unspecified atom stereocenters. The second kappa shape index (κ2) is 6.70. The molecule has 1 N–H and O–H groups in total. The van der Waals surface area contributed by atoms with E-state index in [2.05, 4.69) is 5.32 Å². The lowest BCUT2D eigenvalue weighted by Gasteiger charge is -2.28. The first kappa shape index (κ1) is 16.6. The highest BCUT2D eigenvalue weighted by atomic mass is 35.5. The molecule has 23 heavy (non-hydrogen) atoms. The summed E-state index contributed by atoms with van der Waals surface area (Å²) in [6.45, 7) is 0.116. The molecule has 3 amide bonds. The van der Waals surface area contributed by atoms with Gasteiger partial charge in [-0.2, -0.15) is 0 Å². The van der Waals surface area contributed by atoms with Crippen molar-refractivity contribution in [2.24, 2.45) is 0 Å². The molecule has 2 aliphatic rings. The SMILES string of the molecule is O=C1NC2(CCCCCCC2)C(=O)N1Cc1c(Cl)cccc1Cl. The Morgan fingerprint density at radius 3 is 2.17 bits per heavy atom. The Morgan fingerprint density at radius 2 is 1.57 bits per heavy atom. The predicted octanol–water partition coefficient (Wildman–Crippen LogP) is 4.53. The molecule has 1 aromatic carbocycles. The zero-order valence-corrected chi connectivity index (χ0v) is 14.4. The van der Waals surface area contributed by atoms with Crippen LogP contribution < -0.4 is 5.32 Å². The maximum Gasteiger partial charge on any atom is 0.325 e. The quantitative estimate of drug-likeness (QED) is 0.793. The van der Waals surface area contributed by atoms with E-state index in [9.17, 15) is 9.59 Å². The fourth-order valence-corrected chi connectivity index (χ4v) is 4.03. The van der Waals surface area contributed by atoms with Crippen molar-refractivity contribution in [3.05, 3.63) is 33.8 Å². The number of nitrogens with zero attached hydrogens (tertiary/aromatic N) is 1. The maximum atomic E-state index is 12.9. The smallest absolute Gasteiger partial charge is 0.323 e. The normalized spacial score (nSPS) is 21.2. The predicted molar refractivity (Wildman–Crippen MR) is 90.6 cm³/mol. The van der Waals surface area contributed by atoms with Crippen molar-refractivity contribution in [2.45, 2.75) is 57.0 Å². The molecule has 2 fully saturated rings. The van der Waals surface area contributed by atoms with Crippen LogP contribution in [0.15, 0.2) is 18.2 Å². The lowest BCUT2D eigenvalue weighted by atomic mass is 9.84. The van der Waals surface area contributed by atoms with Crippen molar-refractivity contribution in [3.63, 3.8) is 0 Å². The summed E-state index contributed by atoms with van der Waals surface area (Å²) in [5.74, 6) is -0.139. The third kappa shape index (κ3) is 3.20. The van der Waals surface area contributed by atoms with Crippen molar-refractivity contribution < 1.29 is 9.59 Å². The Kier molecular flexibility index (Phi) is 4.83. The van der Waals surface area contributed by atoms with E-state index >= 15 is 0 Å². The van der Waals surface area contributed by atoms with Gasteiger partial charge in [0.15, 0.2) is 0 Å². The summed E-state index contributed by atoms with van der Waals surface area (Å²) in [4.78, 5) is 26.6. The topological polar surface area (TPSA) is 49.4 Å². The van der Waals surface area contributed by atoms with Gasteiger partial charge in [0.2, 0.25) is 0 Å². The second-order valence-corrected chi connectivity index (χ2v) is 7.19. The van der Waals surface area contributed by atoms with Gasteiger partial charge in [0.1, 0.15) is 5.54 Å². The third-order valence-corrected chi connectivity index (χ3v) is 5.54. The molecule has 6 heteroatoms. The number of hydrogen-bond acceptors (Lipinski definition) is 2. The minimum absolute atomic E-state index is 0.116. The molecule has 0 aromatic heterocycles. The minimum atomic E-state index is -0.731. The van der Waals surface area contributed by atoms with Crippen LogP contribution in [-0.4, -0.2) is 22.4 Å². The van der Waals surface area contributed by atoms with Crippen LogP contribution in [0.5, 0.6) is 0 Å². The first-order valence-corrected chi connectivity index (χ1v) is 8.86. The van der Waals surface area contributed by atoms with E-state index in [1.54, 1.807) is 18.2 Å². The molecule has 1 spiro atoms. The molecule has 1 aromatic rings. The summed E-state index contributed by atoms with van der Waals surface area (Å²) in [6, 6.07) is 4.84. The van der Waals surface area contributed by atoms with Crippen LogP contribution >= 0.6 is 23.2 Å². The molecular formula is C17H20Cl2N2O2. The molecule has 3 rings (SSSR count). The van der Waals surface area contributed by atoms with Crippen molar-refractivity contribution in [3.8, 4) is 0 Å². The average Bonchev–Trinajstić information content (AvgIpc) is 2.71. The maximum absolute atomic E-state index is 12.9. The zero-order chi connectivity index (χ0) is 16.4. The van der Waals surface area contributed by atoms with E-state index in [4.69, 9.17) is 23.2 Å². The van der Waals surface area contributed by atoms with Crippen LogP contribution in [0.4, 0.5) is 4.79 Å². The number of carbonyl (C=O) groups is 2. The Morgan fingerprint density at radius 1 is 1.00 bits per heavy atom. The number of urea groups is 1. The van der Waals surface area contributed by atoms with Gasteiger partial charge in [-0.3, -0.25) is 9.69 Å². The Hall–Kier alpha value is -1.26. The largest absolute Gasteiger partial charge is 0.325 e. The van der Waals surface area contributed by atoms with Gasteiger partial charge >= 0.3 is 6.03 Å². The molecule has 1 aliphatic heterocycles. The van der Waals surface area contributed by atoms with E-state index < -0.39 is 5.54 Å². The fourth-order valence-electron chi connectivity index (χ4n) is 3.51. The fraction of sp³-hybridized carbons (Fsp3) is 0.529. The number of imide groups is 1. The minimum Gasteiger partial charge on any atom is -0.323 e. The van der Waals surface area contributed by atoms with Gasteiger partial charge in [-0.05, 0) is 25.0 Å². The summed E-state index contributed by atoms with van der Waals surface area (Å²) in [5.41, 5.74) is -0.118. The van der Waals surface area contributed by atoms with Crippen molar-refractivity contribution in [2.75, 3.05) is 0 Å². The third-order valence-electron chi connectivity index (χ3n) is 4.83. The Labute approximate surface area is 146 Å². The van der Waals surface area contributed by atoms with Gasteiger partial charge in [0.05, 0.1) is 6.54 Å². The molecule has 124 valence electrons. The molecule has 1 aliphatic carbocycles. The van der Waals surface area contributed by atoms with Gasteiger partial charge in [-0.25, -0.2) is 4.79 Å². The van der Waals surface area contributed by atoms with Gasteiger partial charge in [-0.15, -0.1) is 0 Å². The van der Waals surface area contributed by atoms with E-state index in [-0.39, 0.29) is 18.5 Å². The van der Waals surface area contributed by atoms with Crippen LogP contribution in [0, 0.1) is 0 Å². The van der Waals surface area contributed by atoms with Gasteiger partial charge in [0, 0.05) is 15.6 Å². The Bertz CT molecular complexity index is 605. The van der Waals surface area contributed by atoms with E-state index in [0.29, 0.717) is 28.5 Å². The van der Waals surface area contributed by atoms with Crippen LogP contribution in [0.3, 0.4) is 0 Å². The first-order chi connectivity index (χ1) is 11.0. The number of nitrogens with one attached hydrogen (secondary N) is 1. The van der Waals surface area contributed by atoms with Gasteiger partial charge < -0.3 is 5.32 Å². The summed E-state index contributed by atoms with van der Waals surface area (Å²) in [7, 11) is 0. The number of carbonyl (C=O) groups excluding carboxylic acids is 2. The highest BCUT2D eigenvalue weighted by Gasteiger charge is 2.50. The lowest BCUT2D eigenvalue weighted by molar-refractivity contribution is -0.132. The monoisotopic (exact) mass is 354 g/mol. The standard InChI is InChI=1S/C17H20Cl2N2O2/c18-13-7-6-8-14(19)12(13)11-21-15(22)17(20-16(21)23)9-4-2-1-3-5-10-17/h6-8H,1-5,9-11H2,(H,20,23). The van der Waals surface area contributed by atoms with Crippen molar-refractivity contribution in [1.29, 1.82) is 0 Å². The summed E-state index contributed by atoms with van der Waals surface area (Å²) < 4.78 is 0. The molecule has 0 atom stereocenters. The van der Waals surface area contributed by atoms with Gasteiger partial charge in [0.25, 0.3) is 5.91 Å².